The molecule has 0 heterocycles. The molecule has 0 bridgehead atoms. The van der Waals surface area contributed by atoms with Crippen molar-refractivity contribution in [3.05, 3.63) is 35.1 Å². The molecule has 0 unspecified atom stereocenters. The summed E-state index contributed by atoms with van der Waals surface area (Å²) in [6, 6.07) is 2.46. The SMILES string of the molecule is CCCNCCNCc1cc(C(F)(F)F)ccc1F. The summed E-state index contributed by atoms with van der Waals surface area (Å²) in [6.45, 7) is 4.30. The monoisotopic (exact) mass is 278 g/mol. The molecule has 0 aliphatic carbocycles. The minimum Gasteiger partial charge on any atom is -0.315 e. The normalized spacial score (nSPS) is 11.8. The van der Waals surface area contributed by atoms with Crippen molar-refractivity contribution >= 4 is 0 Å². The van der Waals surface area contributed by atoms with Crippen LogP contribution in [0, 0.1) is 5.82 Å². The Kier molecular flexibility index (Phi) is 6.24. The number of benzene rings is 1. The Morgan fingerprint density at radius 3 is 2.37 bits per heavy atom. The average Bonchev–Trinajstić information content (AvgIpc) is 2.34. The van der Waals surface area contributed by atoms with E-state index in [0.29, 0.717) is 13.1 Å². The Morgan fingerprint density at radius 1 is 1.05 bits per heavy atom. The fourth-order valence-electron chi connectivity index (χ4n) is 1.59. The highest BCUT2D eigenvalue weighted by Gasteiger charge is 2.30. The molecule has 0 aromatic heterocycles. The van der Waals surface area contributed by atoms with E-state index in [-0.39, 0.29) is 12.1 Å². The van der Waals surface area contributed by atoms with Crippen LogP contribution in [0.4, 0.5) is 17.6 Å². The molecule has 2 N–H and O–H groups in total. The van der Waals surface area contributed by atoms with E-state index in [1.54, 1.807) is 0 Å². The molecule has 19 heavy (non-hydrogen) atoms. The zero-order chi connectivity index (χ0) is 14.3. The van der Waals surface area contributed by atoms with Crippen LogP contribution in [0.25, 0.3) is 0 Å². The number of hydrogen-bond donors (Lipinski definition) is 2. The Balaban J connectivity index is 2.49. The lowest BCUT2D eigenvalue weighted by Crippen LogP contribution is -2.27. The Hall–Kier alpha value is -1.14. The quantitative estimate of drug-likeness (QED) is 0.592. The summed E-state index contributed by atoms with van der Waals surface area (Å²) in [7, 11) is 0. The van der Waals surface area contributed by atoms with E-state index in [1.807, 2.05) is 6.92 Å². The molecule has 1 aromatic rings. The van der Waals surface area contributed by atoms with E-state index in [2.05, 4.69) is 10.6 Å². The molecule has 0 saturated heterocycles. The van der Waals surface area contributed by atoms with Crippen molar-refractivity contribution in [2.75, 3.05) is 19.6 Å². The molecular weight excluding hydrogens is 260 g/mol. The molecule has 108 valence electrons. The molecule has 0 saturated carbocycles. The molecule has 1 rings (SSSR count). The second-order valence-corrected chi connectivity index (χ2v) is 4.23. The Morgan fingerprint density at radius 2 is 1.74 bits per heavy atom. The van der Waals surface area contributed by atoms with Crippen LogP contribution < -0.4 is 10.6 Å². The molecule has 0 atom stereocenters. The molecule has 2 nitrogen and oxygen atoms in total. The minimum absolute atomic E-state index is 0.0327. The number of alkyl halides is 3. The van der Waals surface area contributed by atoms with E-state index in [4.69, 9.17) is 0 Å². The fraction of sp³-hybridized carbons (Fsp3) is 0.538. The maximum absolute atomic E-state index is 13.4. The molecular formula is C13H18F4N2. The highest BCUT2D eigenvalue weighted by Crippen LogP contribution is 2.30. The first-order chi connectivity index (χ1) is 8.95. The molecule has 0 aliphatic rings. The smallest absolute Gasteiger partial charge is 0.315 e. The van der Waals surface area contributed by atoms with Crippen molar-refractivity contribution in [1.29, 1.82) is 0 Å². The molecule has 0 aliphatic heterocycles. The summed E-state index contributed by atoms with van der Waals surface area (Å²) < 4.78 is 50.8. The van der Waals surface area contributed by atoms with Crippen molar-refractivity contribution in [2.45, 2.75) is 26.1 Å². The maximum Gasteiger partial charge on any atom is 0.416 e. The van der Waals surface area contributed by atoms with Crippen LogP contribution in [0.2, 0.25) is 0 Å². The van der Waals surface area contributed by atoms with Gasteiger partial charge in [-0.1, -0.05) is 6.92 Å². The highest BCUT2D eigenvalue weighted by atomic mass is 19.4. The first-order valence-electron chi connectivity index (χ1n) is 6.22. The van der Waals surface area contributed by atoms with Gasteiger partial charge in [0.25, 0.3) is 0 Å². The van der Waals surface area contributed by atoms with E-state index >= 15 is 0 Å². The van der Waals surface area contributed by atoms with Gasteiger partial charge in [-0.15, -0.1) is 0 Å². The third-order valence-electron chi connectivity index (χ3n) is 2.59. The molecule has 0 radical (unpaired) electrons. The minimum atomic E-state index is -4.44. The molecule has 6 heteroatoms. The van der Waals surface area contributed by atoms with Crippen molar-refractivity contribution < 1.29 is 17.6 Å². The van der Waals surface area contributed by atoms with Crippen LogP contribution in [0.15, 0.2) is 18.2 Å². The molecule has 0 amide bonds. The van der Waals surface area contributed by atoms with Gasteiger partial charge in [0.05, 0.1) is 5.56 Å². The predicted octanol–water partition coefficient (Wildman–Crippen LogP) is 2.93. The molecule has 1 aromatic carbocycles. The van der Waals surface area contributed by atoms with Crippen LogP contribution in [0.5, 0.6) is 0 Å². The van der Waals surface area contributed by atoms with Gasteiger partial charge < -0.3 is 10.6 Å². The van der Waals surface area contributed by atoms with E-state index in [9.17, 15) is 17.6 Å². The van der Waals surface area contributed by atoms with Crippen molar-refractivity contribution in [2.24, 2.45) is 0 Å². The van der Waals surface area contributed by atoms with E-state index < -0.39 is 17.6 Å². The van der Waals surface area contributed by atoms with Gasteiger partial charge in [-0.2, -0.15) is 13.2 Å². The summed E-state index contributed by atoms with van der Waals surface area (Å²) in [6.07, 6.45) is -3.42. The summed E-state index contributed by atoms with van der Waals surface area (Å²) in [4.78, 5) is 0. The summed E-state index contributed by atoms with van der Waals surface area (Å²) >= 11 is 0. The topological polar surface area (TPSA) is 24.1 Å². The highest BCUT2D eigenvalue weighted by molar-refractivity contribution is 5.27. The zero-order valence-corrected chi connectivity index (χ0v) is 10.8. The summed E-state index contributed by atoms with van der Waals surface area (Å²) in [5.74, 6) is -0.623. The van der Waals surface area contributed by atoms with Gasteiger partial charge in [-0.25, -0.2) is 4.39 Å². The predicted molar refractivity (Wildman–Crippen MR) is 66.3 cm³/mol. The first-order valence-corrected chi connectivity index (χ1v) is 6.22. The standard InChI is InChI=1S/C13H18F4N2/c1-2-5-18-6-7-19-9-10-8-11(13(15,16)17)3-4-12(10)14/h3-4,8,18-19H,2,5-7,9H2,1H3. The first kappa shape index (κ1) is 15.9. The van der Waals surface area contributed by atoms with Gasteiger partial charge >= 0.3 is 6.18 Å². The van der Waals surface area contributed by atoms with Gasteiger partial charge in [-0.05, 0) is 31.2 Å². The second-order valence-electron chi connectivity index (χ2n) is 4.23. The third kappa shape index (κ3) is 5.57. The van der Waals surface area contributed by atoms with Gasteiger partial charge in [0, 0.05) is 25.2 Å². The van der Waals surface area contributed by atoms with Crippen LogP contribution in [-0.4, -0.2) is 19.6 Å². The number of hydrogen-bond acceptors (Lipinski definition) is 2. The largest absolute Gasteiger partial charge is 0.416 e. The van der Waals surface area contributed by atoms with Gasteiger partial charge in [0.15, 0.2) is 0 Å². The van der Waals surface area contributed by atoms with Crippen molar-refractivity contribution in [3.63, 3.8) is 0 Å². The maximum atomic E-state index is 13.4. The van der Waals surface area contributed by atoms with Crippen molar-refractivity contribution in [3.8, 4) is 0 Å². The van der Waals surface area contributed by atoms with E-state index in [0.717, 1.165) is 31.2 Å². The van der Waals surface area contributed by atoms with Crippen LogP contribution >= 0.6 is 0 Å². The number of rotatable bonds is 7. The number of nitrogens with one attached hydrogen (secondary N) is 2. The van der Waals surface area contributed by atoms with Gasteiger partial charge in [-0.3, -0.25) is 0 Å². The Labute approximate surface area is 110 Å². The van der Waals surface area contributed by atoms with Crippen LogP contribution in [0.1, 0.15) is 24.5 Å². The zero-order valence-electron chi connectivity index (χ0n) is 10.8. The van der Waals surface area contributed by atoms with E-state index in [1.165, 1.54) is 0 Å². The Bertz CT molecular complexity index is 391. The lowest BCUT2D eigenvalue weighted by molar-refractivity contribution is -0.137. The molecule has 0 fully saturated rings. The van der Waals surface area contributed by atoms with Gasteiger partial charge in [0.1, 0.15) is 5.82 Å². The average molecular weight is 278 g/mol. The van der Waals surface area contributed by atoms with Crippen molar-refractivity contribution in [1.82, 2.24) is 10.6 Å². The fourth-order valence-corrected chi connectivity index (χ4v) is 1.59. The summed E-state index contributed by atoms with van der Waals surface area (Å²) in [5.41, 5.74) is -0.792. The van der Waals surface area contributed by atoms with Gasteiger partial charge in [0.2, 0.25) is 0 Å². The third-order valence-corrected chi connectivity index (χ3v) is 2.59. The van der Waals surface area contributed by atoms with Crippen LogP contribution in [0.3, 0.4) is 0 Å². The lowest BCUT2D eigenvalue weighted by atomic mass is 10.1. The lowest BCUT2D eigenvalue weighted by Gasteiger charge is -2.11. The molecule has 0 spiro atoms. The van der Waals surface area contributed by atoms with Crippen LogP contribution in [-0.2, 0) is 12.7 Å². The number of halogens is 4. The second kappa shape index (κ2) is 7.45. The summed E-state index contributed by atoms with van der Waals surface area (Å²) in [5, 5.41) is 6.05.